The van der Waals surface area contributed by atoms with Crippen LogP contribution in [0.1, 0.15) is 25.8 Å². The van der Waals surface area contributed by atoms with E-state index in [0.29, 0.717) is 22.9 Å². The zero-order chi connectivity index (χ0) is 19.4. The van der Waals surface area contributed by atoms with Crippen LogP contribution in [0.3, 0.4) is 0 Å². The van der Waals surface area contributed by atoms with Gasteiger partial charge in [-0.1, -0.05) is 11.6 Å². The number of esters is 2. The lowest BCUT2D eigenvalue weighted by atomic mass is 10.1. The number of carbonyl (C=O) groups excluding carboxylic acids is 2. The molecule has 1 saturated heterocycles. The second kappa shape index (κ2) is 7.84. The van der Waals surface area contributed by atoms with Crippen LogP contribution < -0.4 is 4.74 Å². The monoisotopic (exact) mass is 390 g/mol. The minimum atomic E-state index is -1.29. The Kier molecular flexibility index (Phi) is 5.51. The lowest BCUT2D eigenvalue weighted by Gasteiger charge is -2.29. The first-order valence-electron chi connectivity index (χ1n) is 8.40. The van der Waals surface area contributed by atoms with Crippen molar-refractivity contribution < 1.29 is 23.8 Å². The molecule has 1 aliphatic rings. The van der Waals surface area contributed by atoms with Crippen molar-refractivity contribution in [3.05, 3.63) is 53.1 Å². The second-order valence-electron chi connectivity index (χ2n) is 6.42. The molecular weight excluding hydrogens is 372 g/mol. The average molecular weight is 391 g/mol. The van der Waals surface area contributed by atoms with Gasteiger partial charge in [0.2, 0.25) is 0 Å². The Morgan fingerprint density at radius 2 is 2.00 bits per heavy atom. The average Bonchev–Trinajstić information content (AvgIpc) is 3.09. The fourth-order valence-electron chi connectivity index (χ4n) is 2.55. The van der Waals surface area contributed by atoms with Gasteiger partial charge in [0.1, 0.15) is 11.3 Å². The number of ether oxygens (including phenoxy) is 3. The lowest BCUT2D eigenvalue weighted by Crippen LogP contribution is -2.41. The molecule has 2 heterocycles. The first-order chi connectivity index (χ1) is 12.8. The highest BCUT2D eigenvalue weighted by atomic mass is 35.5. The molecular formula is C19H19ClN2O5. The van der Waals surface area contributed by atoms with Gasteiger partial charge >= 0.3 is 11.9 Å². The summed E-state index contributed by atoms with van der Waals surface area (Å²) in [6, 6.07) is 4.98. The summed E-state index contributed by atoms with van der Waals surface area (Å²) >= 11 is 6.05. The van der Waals surface area contributed by atoms with Gasteiger partial charge < -0.3 is 18.8 Å². The second-order valence-corrected chi connectivity index (χ2v) is 6.86. The van der Waals surface area contributed by atoms with Crippen LogP contribution >= 0.6 is 11.6 Å². The Morgan fingerprint density at radius 3 is 2.67 bits per heavy atom. The first-order valence-corrected chi connectivity index (χ1v) is 8.78. The summed E-state index contributed by atoms with van der Waals surface area (Å²) in [5.74, 6) is -2.28. The molecule has 0 amide bonds. The minimum Gasteiger partial charge on any atom is -0.493 e. The van der Waals surface area contributed by atoms with Gasteiger partial charge in [0, 0.05) is 43.4 Å². The number of benzene rings is 1. The standard InChI is InChI=1S/C19H19ClN2O5/c1-19(2)26-17(23)15(18(24)27-19)11-13-10-14(20)4-5-16(13)25-9-3-7-22-8-6-21-12-22/h4-6,8,10-12H,3,7,9H2,1-2H3. The van der Waals surface area contributed by atoms with Crippen molar-refractivity contribution >= 4 is 29.6 Å². The number of aromatic nitrogens is 2. The molecule has 2 aromatic rings. The SMILES string of the molecule is CC1(C)OC(=O)C(=Cc2cc(Cl)ccc2OCCCn2ccnc2)C(=O)O1. The van der Waals surface area contributed by atoms with Gasteiger partial charge in [-0.15, -0.1) is 0 Å². The molecule has 7 nitrogen and oxygen atoms in total. The molecule has 0 saturated carbocycles. The summed E-state index contributed by atoms with van der Waals surface area (Å²) in [4.78, 5) is 28.3. The number of carbonyl (C=O) groups is 2. The molecule has 0 spiro atoms. The van der Waals surface area contributed by atoms with Crippen molar-refractivity contribution in [1.82, 2.24) is 9.55 Å². The third-order valence-electron chi connectivity index (χ3n) is 3.77. The predicted molar refractivity (Wildman–Crippen MR) is 98.0 cm³/mol. The maximum absolute atomic E-state index is 12.1. The van der Waals surface area contributed by atoms with Crippen LogP contribution in [-0.2, 0) is 25.6 Å². The molecule has 0 aliphatic carbocycles. The number of rotatable bonds is 6. The van der Waals surface area contributed by atoms with E-state index in [1.807, 2.05) is 10.8 Å². The van der Waals surface area contributed by atoms with E-state index in [2.05, 4.69) is 4.98 Å². The minimum absolute atomic E-state index is 0.208. The molecule has 1 fully saturated rings. The van der Waals surface area contributed by atoms with Crippen LogP contribution in [-0.4, -0.2) is 33.9 Å². The number of imidazole rings is 1. The van der Waals surface area contributed by atoms with Crippen LogP contribution in [0.25, 0.3) is 6.08 Å². The number of aryl methyl sites for hydroxylation is 1. The molecule has 1 aliphatic heterocycles. The summed E-state index contributed by atoms with van der Waals surface area (Å²) in [7, 11) is 0. The number of nitrogens with zero attached hydrogens (tertiary/aromatic N) is 2. The highest BCUT2D eigenvalue weighted by Crippen LogP contribution is 2.29. The maximum Gasteiger partial charge on any atom is 0.348 e. The highest BCUT2D eigenvalue weighted by Gasteiger charge is 2.39. The van der Waals surface area contributed by atoms with Crippen LogP contribution in [0.5, 0.6) is 5.75 Å². The molecule has 0 atom stereocenters. The maximum atomic E-state index is 12.1. The summed E-state index contributed by atoms with van der Waals surface area (Å²) in [5, 5.41) is 0.450. The fraction of sp³-hybridized carbons (Fsp3) is 0.316. The third-order valence-corrected chi connectivity index (χ3v) is 4.00. The van der Waals surface area contributed by atoms with E-state index < -0.39 is 17.7 Å². The normalized spacial score (nSPS) is 15.9. The number of hydrogen-bond donors (Lipinski definition) is 0. The van der Waals surface area contributed by atoms with Gasteiger partial charge in [-0.2, -0.15) is 0 Å². The zero-order valence-corrected chi connectivity index (χ0v) is 15.7. The smallest absolute Gasteiger partial charge is 0.348 e. The van der Waals surface area contributed by atoms with E-state index in [4.69, 9.17) is 25.8 Å². The van der Waals surface area contributed by atoms with Crippen LogP contribution in [0, 0.1) is 0 Å². The molecule has 8 heteroatoms. The lowest BCUT2D eigenvalue weighted by molar-refractivity contribution is -0.222. The van der Waals surface area contributed by atoms with Gasteiger partial charge in [-0.3, -0.25) is 0 Å². The Morgan fingerprint density at radius 1 is 1.26 bits per heavy atom. The largest absolute Gasteiger partial charge is 0.493 e. The molecule has 0 unspecified atom stereocenters. The van der Waals surface area contributed by atoms with Gasteiger partial charge in [-0.05, 0) is 30.7 Å². The Hall–Kier alpha value is -2.80. The molecule has 1 aromatic heterocycles. The molecule has 0 bridgehead atoms. The molecule has 1 aromatic carbocycles. The fourth-order valence-corrected chi connectivity index (χ4v) is 2.73. The molecule has 0 N–H and O–H groups in total. The Labute approximate surface area is 161 Å². The summed E-state index contributed by atoms with van der Waals surface area (Å²) in [6.45, 7) is 4.19. The Balaban J connectivity index is 1.74. The molecule has 3 rings (SSSR count). The Bertz CT molecular complexity index is 852. The van der Waals surface area contributed by atoms with Crippen molar-refractivity contribution in [3.8, 4) is 5.75 Å². The summed E-state index contributed by atoms with van der Waals surface area (Å²) in [6.07, 6.45) is 7.46. The van der Waals surface area contributed by atoms with Crippen molar-refractivity contribution in [2.45, 2.75) is 32.6 Å². The van der Waals surface area contributed by atoms with Crippen molar-refractivity contribution in [1.29, 1.82) is 0 Å². The predicted octanol–water partition coefficient (Wildman–Crippen LogP) is 3.23. The molecule has 27 heavy (non-hydrogen) atoms. The van der Waals surface area contributed by atoms with E-state index in [9.17, 15) is 9.59 Å². The number of cyclic esters (lactones) is 2. The van der Waals surface area contributed by atoms with Crippen LogP contribution in [0.4, 0.5) is 0 Å². The highest BCUT2D eigenvalue weighted by molar-refractivity contribution is 6.30. The van der Waals surface area contributed by atoms with E-state index in [-0.39, 0.29) is 5.57 Å². The van der Waals surface area contributed by atoms with Gasteiger partial charge in [0.25, 0.3) is 5.79 Å². The van der Waals surface area contributed by atoms with E-state index in [0.717, 1.165) is 13.0 Å². The third kappa shape index (κ3) is 4.89. The zero-order valence-electron chi connectivity index (χ0n) is 15.0. The quantitative estimate of drug-likeness (QED) is 0.326. The van der Waals surface area contributed by atoms with Crippen molar-refractivity contribution in [2.75, 3.05) is 6.61 Å². The van der Waals surface area contributed by atoms with Gasteiger partial charge in [-0.25, -0.2) is 14.6 Å². The van der Waals surface area contributed by atoms with Gasteiger partial charge in [0.15, 0.2) is 0 Å². The summed E-state index contributed by atoms with van der Waals surface area (Å²) in [5.41, 5.74) is 0.286. The van der Waals surface area contributed by atoms with Crippen molar-refractivity contribution in [3.63, 3.8) is 0 Å². The van der Waals surface area contributed by atoms with E-state index in [1.165, 1.54) is 19.9 Å². The number of hydrogen-bond acceptors (Lipinski definition) is 6. The van der Waals surface area contributed by atoms with Crippen molar-refractivity contribution in [2.24, 2.45) is 0 Å². The number of halogens is 1. The first kappa shape index (κ1) is 19.0. The van der Waals surface area contributed by atoms with Gasteiger partial charge in [0.05, 0.1) is 12.9 Å². The van der Waals surface area contributed by atoms with E-state index >= 15 is 0 Å². The molecule has 142 valence electrons. The summed E-state index contributed by atoms with van der Waals surface area (Å²) < 4.78 is 18.0. The molecule has 0 radical (unpaired) electrons. The van der Waals surface area contributed by atoms with E-state index in [1.54, 1.807) is 30.7 Å². The topological polar surface area (TPSA) is 79.7 Å². The van der Waals surface area contributed by atoms with Crippen LogP contribution in [0.15, 0.2) is 42.5 Å². The van der Waals surface area contributed by atoms with Crippen LogP contribution in [0.2, 0.25) is 5.02 Å².